The molecule has 0 aliphatic heterocycles. The number of hydrogen-bond donors (Lipinski definition) is 1. The van der Waals surface area contributed by atoms with Crippen molar-refractivity contribution in [2.75, 3.05) is 0 Å². The molecule has 0 fully saturated rings. The first kappa shape index (κ1) is 9.64. The third-order valence-corrected chi connectivity index (χ3v) is 1.89. The molecule has 1 heterocycles. The lowest BCUT2D eigenvalue weighted by Crippen LogP contribution is -2.01. The lowest BCUT2D eigenvalue weighted by Gasteiger charge is -2.04. The molecule has 1 aromatic carbocycles. The average Bonchev–Trinajstić information content (AvgIpc) is 2.71. The molecule has 0 unspecified atom stereocenters. The van der Waals surface area contributed by atoms with Gasteiger partial charge in [0.25, 0.3) is 0 Å². The fraction of sp³-hybridized carbons (Fsp3) is 0.100. The molecule has 3 nitrogen and oxygen atoms in total. The normalized spacial score (nSPS) is 10.6. The van der Waals surface area contributed by atoms with Crippen molar-refractivity contribution in [2.45, 2.75) is 6.61 Å². The Hall–Kier alpha value is -1.91. The predicted molar refractivity (Wildman–Crippen MR) is 50.7 cm³/mol. The van der Waals surface area contributed by atoms with E-state index in [-0.39, 0.29) is 5.75 Å². The second-order valence-corrected chi connectivity index (χ2v) is 2.87. The molecule has 1 N–H and O–H groups in total. The number of hydrogen-bond acceptors (Lipinski definition) is 2. The molecule has 78 valence electrons. The van der Waals surface area contributed by atoms with E-state index < -0.39 is 6.61 Å². The van der Waals surface area contributed by atoms with Crippen molar-refractivity contribution < 1.29 is 13.5 Å². The second-order valence-electron chi connectivity index (χ2n) is 2.87. The Morgan fingerprint density at radius 2 is 1.87 bits per heavy atom. The summed E-state index contributed by atoms with van der Waals surface area (Å²) in [5, 5.41) is 6.57. The summed E-state index contributed by atoms with van der Waals surface area (Å²) in [7, 11) is 0. The summed E-state index contributed by atoms with van der Waals surface area (Å²) in [6.45, 7) is -2.79. The van der Waals surface area contributed by atoms with Gasteiger partial charge in [0.2, 0.25) is 0 Å². The Kier molecular flexibility index (Phi) is 2.62. The Balaban J connectivity index is 2.17. The summed E-state index contributed by atoms with van der Waals surface area (Å²) in [5.41, 5.74) is 1.70. The molecule has 0 aliphatic carbocycles. The highest BCUT2D eigenvalue weighted by atomic mass is 19.3. The van der Waals surface area contributed by atoms with Crippen LogP contribution in [0.25, 0.3) is 11.3 Å². The molecule has 0 bridgehead atoms. The lowest BCUT2D eigenvalue weighted by molar-refractivity contribution is -0.0498. The zero-order chi connectivity index (χ0) is 10.7. The van der Waals surface area contributed by atoms with Crippen LogP contribution in [0, 0.1) is 0 Å². The van der Waals surface area contributed by atoms with Crippen molar-refractivity contribution in [1.82, 2.24) is 10.2 Å². The van der Waals surface area contributed by atoms with Crippen LogP contribution in [0.15, 0.2) is 36.5 Å². The number of aromatic amines is 1. The molecule has 0 amide bonds. The Bertz CT molecular complexity index is 411. The van der Waals surface area contributed by atoms with E-state index in [2.05, 4.69) is 14.9 Å². The van der Waals surface area contributed by atoms with Gasteiger partial charge in [0.15, 0.2) is 0 Å². The van der Waals surface area contributed by atoms with Crippen molar-refractivity contribution in [2.24, 2.45) is 0 Å². The highest BCUT2D eigenvalue weighted by Crippen LogP contribution is 2.21. The molecule has 5 heteroatoms. The first-order chi connectivity index (χ1) is 7.25. The van der Waals surface area contributed by atoms with Crippen molar-refractivity contribution in [1.29, 1.82) is 0 Å². The molecule has 0 radical (unpaired) electrons. The summed E-state index contributed by atoms with van der Waals surface area (Å²) in [6.07, 6.45) is 1.62. The van der Waals surface area contributed by atoms with Gasteiger partial charge in [-0.25, -0.2) is 0 Å². The minimum Gasteiger partial charge on any atom is -0.435 e. The molecule has 1 aromatic heterocycles. The van der Waals surface area contributed by atoms with Crippen LogP contribution in [0.1, 0.15) is 0 Å². The number of nitrogens with zero attached hydrogens (tertiary/aromatic N) is 1. The van der Waals surface area contributed by atoms with Crippen LogP contribution in [-0.2, 0) is 0 Å². The molecular formula is C10H8F2N2O. The van der Waals surface area contributed by atoms with Gasteiger partial charge in [0.1, 0.15) is 5.75 Å². The van der Waals surface area contributed by atoms with Crippen molar-refractivity contribution in [3.63, 3.8) is 0 Å². The van der Waals surface area contributed by atoms with E-state index in [4.69, 9.17) is 0 Å². The zero-order valence-corrected chi connectivity index (χ0v) is 7.65. The van der Waals surface area contributed by atoms with Gasteiger partial charge < -0.3 is 4.74 Å². The number of rotatable bonds is 3. The van der Waals surface area contributed by atoms with Crippen LogP contribution in [-0.4, -0.2) is 16.8 Å². The first-order valence-electron chi connectivity index (χ1n) is 4.30. The van der Waals surface area contributed by atoms with Crippen LogP contribution in [0.4, 0.5) is 8.78 Å². The van der Waals surface area contributed by atoms with Gasteiger partial charge in [0.05, 0.1) is 5.69 Å². The summed E-state index contributed by atoms with van der Waals surface area (Å²) < 4.78 is 27.9. The van der Waals surface area contributed by atoms with Crippen LogP contribution >= 0.6 is 0 Å². The second kappa shape index (κ2) is 4.08. The van der Waals surface area contributed by atoms with E-state index in [1.165, 1.54) is 12.1 Å². The summed E-state index contributed by atoms with van der Waals surface area (Å²) in [4.78, 5) is 0. The number of aromatic nitrogens is 2. The minimum atomic E-state index is -2.79. The third-order valence-electron chi connectivity index (χ3n) is 1.89. The van der Waals surface area contributed by atoms with Gasteiger partial charge in [-0.1, -0.05) is 0 Å². The predicted octanol–water partition coefficient (Wildman–Crippen LogP) is 2.68. The number of H-pyrrole nitrogens is 1. The molecule has 2 rings (SSSR count). The van der Waals surface area contributed by atoms with E-state index >= 15 is 0 Å². The minimum absolute atomic E-state index is 0.147. The van der Waals surface area contributed by atoms with Crippen molar-refractivity contribution in [3.8, 4) is 17.0 Å². The smallest absolute Gasteiger partial charge is 0.387 e. The SMILES string of the molecule is FC(F)Oc1ccc(-c2ccn[nH]2)cc1. The van der Waals surface area contributed by atoms with Crippen LogP contribution in [0.3, 0.4) is 0 Å². The largest absolute Gasteiger partial charge is 0.435 e. The summed E-state index contributed by atoms with van der Waals surface area (Å²) >= 11 is 0. The number of ether oxygens (including phenoxy) is 1. The third kappa shape index (κ3) is 2.31. The van der Waals surface area contributed by atoms with E-state index in [9.17, 15) is 8.78 Å². The van der Waals surface area contributed by atoms with Crippen molar-refractivity contribution in [3.05, 3.63) is 36.5 Å². The molecule has 0 saturated carbocycles. The summed E-state index contributed by atoms with van der Waals surface area (Å²) in [5.74, 6) is 0.147. The first-order valence-corrected chi connectivity index (χ1v) is 4.30. The monoisotopic (exact) mass is 210 g/mol. The zero-order valence-electron chi connectivity index (χ0n) is 7.65. The quantitative estimate of drug-likeness (QED) is 0.845. The van der Waals surface area contributed by atoms with Crippen molar-refractivity contribution >= 4 is 0 Å². The van der Waals surface area contributed by atoms with E-state index in [0.29, 0.717) is 0 Å². The highest BCUT2D eigenvalue weighted by Gasteiger charge is 2.04. The lowest BCUT2D eigenvalue weighted by atomic mass is 10.1. The fourth-order valence-electron chi connectivity index (χ4n) is 1.23. The van der Waals surface area contributed by atoms with Gasteiger partial charge in [-0.2, -0.15) is 13.9 Å². The Labute approximate surface area is 84.7 Å². The standard InChI is InChI=1S/C10H8F2N2O/c11-10(12)15-8-3-1-7(2-4-8)9-5-6-13-14-9/h1-6,10H,(H,13,14). The van der Waals surface area contributed by atoms with Crippen LogP contribution in [0.5, 0.6) is 5.75 Å². The van der Waals surface area contributed by atoms with Crippen LogP contribution in [0.2, 0.25) is 0 Å². The van der Waals surface area contributed by atoms with Crippen LogP contribution < -0.4 is 4.74 Å². The number of benzene rings is 1. The topological polar surface area (TPSA) is 37.9 Å². The maximum absolute atomic E-state index is 11.9. The van der Waals surface area contributed by atoms with E-state index in [0.717, 1.165) is 11.3 Å². The van der Waals surface area contributed by atoms with Gasteiger partial charge in [0, 0.05) is 6.20 Å². The molecule has 0 spiro atoms. The molecule has 2 aromatic rings. The van der Waals surface area contributed by atoms with Gasteiger partial charge in [-0.05, 0) is 35.9 Å². The fourth-order valence-corrected chi connectivity index (χ4v) is 1.23. The number of alkyl halides is 2. The average molecular weight is 210 g/mol. The molecule has 0 saturated heterocycles. The molecular weight excluding hydrogens is 202 g/mol. The Morgan fingerprint density at radius 1 is 1.13 bits per heavy atom. The maximum atomic E-state index is 11.9. The Morgan fingerprint density at radius 3 is 2.40 bits per heavy atom. The number of halogens is 2. The highest BCUT2D eigenvalue weighted by molar-refractivity contribution is 5.59. The molecule has 0 atom stereocenters. The maximum Gasteiger partial charge on any atom is 0.387 e. The van der Waals surface area contributed by atoms with Gasteiger partial charge in [-0.3, -0.25) is 5.10 Å². The van der Waals surface area contributed by atoms with E-state index in [1.54, 1.807) is 24.4 Å². The molecule has 0 aliphatic rings. The van der Waals surface area contributed by atoms with Gasteiger partial charge in [-0.15, -0.1) is 0 Å². The number of nitrogens with one attached hydrogen (secondary N) is 1. The molecule has 15 heavy (non-hydrogen) atoms. The van der Waals surface area contributed by atoms with Gasteiger partial charge >= 0.3 is 6.61 Å². The summed E-state index contributed by atoms with van der Waals surface area (Å²) in [6, 6.07) is 8.14. The van der Waals surface area contributed by atoms with E-state index in [1.807, 2.05) is 0 Å².